The fourth-order valence-corrected chi connectivity index (χ4v) is 4.36. The van der Waals surface area contributed by atoms with Gasteiger partial charge in [-0.1, -0.05) is 17.3 Å². The van der Waals surface area contributed by atoms with Crippen LogP contribution in [0.15, 0.2) is 48.5 Å². The van der Waals surface area contributed by atoms with E-state index in [-0.39, 0.29) is 29.5 Å². The van der Waals surface area contributed by atoms with Crippen molar-refractivity contribution in [2.24, 2.45) is 5.92 Å². The van der Waals surface area contributed by atoms with Crippen LogP contribution in [-0.4, -0.2) is 51.9 Å². The molecule has 8 nitrogen and oxygen atoms in total. The summed E-state index contributed by atoms with van der Waals surface area (Å²) in [5.74, 6) is 0.480. The molecule has 2 heterocycles. The van der Waals surface area contributed by atoms with Gasteiger partial charge in [0.05, 0.1) is 18.5 Å². The lowest BCUT2D eigenvalue weighted by Gasteiger charge is -2.17. The number of carbonyl (C=O) groups excluding carboxylic acids is 2. The first-order valence-electron chi connectivity index (χ1n) is 11.4. The van der Waals surface area contributed by atoms with Crippen molar-refractivity contribution in [2.45, 2.75) is 31.7 Å². The summed E-state index contributed by atoms with van der Waals surface area (Å²) < 4.78 is 20.1. The summed E-state index contributed by atoms with van der Waals surface area (Å²) in [5.41, 5.74) is 2.76. The number of methoxy groups -OCH3 is 1. The molecule has 2 aromatic carbocycles. The monoisotopic (exact) mass is 463 g/mol. The fraction of sp³-hybridized carbons (Fsp3) is 0.360. The van der Waals surface area contributed by atoms with Crippen LogP contribution in [0.3, 0.4) is 0 Å². The Morgan fingerprint density at radius 2 is 1.88 bits per heavy atom. The third-order valence-electron chi connectivity index (χ3n) is 6.33. The molecule has 2 fully saturated rings. The molecule has 3 aromatic rings. The van der Waals surface area contributed by atoms with Gasteiger partial charge in [0.15, 0.2) is 5.69 Å². The standard InChI is InChI=1S/C25H26FN5O3/c1-34-21-10-2-16(3-11-21)14-30-15-17(12-22(30)32)13-27-25(33)23-24(18-4-5-18)31(29-28-23)20-8-6-19(26)7-9-20/h2-3,6-11,17-18H,4-5,12-15H2,1H3,(H,27,33). The number of hydrogen-bond acceptors (Lipinski definition) is 5. The molecule has 0 spiro atoms. The molecule has 2 amide bonds. The van der Waals surface area contributed by atoms with Gasteiger partial charge in [-0.05, 0) is 54.8 Å². The number of nitrogens with one attached hydrogen (secondary N) is 1. The van der Waals surface area contributed by atoms with Gasteiger partial charge in [0.1, 0.15) is 11.6 Å². The first kappa shape index (κ1) is 22.1. The van der Waals surface area contributed by atoms with Gasteiger partial charge in [-0.2, -0.15) is 0 Å². The van der Waals surface area contributed by atoms with Crippen molar-refractivity contribution < 1.29 is 18.7 Å². The van der Waals surface area contributed by atoms with Crippen LogP contribution in [0.5, 0.6) is 5.75 Å². The van der Waals surface area contributed by atoms with Crippen LogP contribution in [0.1, 0.15) is 46.9 Å². The summed E-state index contributed by atoms with van der Waals surface area (Å²) in [4.78, 5) is 27.3. The Bertz CT molecular complexity index is 1190. The van der Waals surface area contributed by atoms with E-state index in [4.69, 9.17) is 4.74 Å². The third-order valence-corrected chi connectivity index (χ3v) is 6.33. The number of likely N-dealkylation sites (tertiary alicyclic amines) is 1. The van der Waals surface area contributed by atoms with Gasteiger partial charge in [-0.25, -0.2) is 9.07 Å². The van der Waals surface area contributed by atoms with Gasteiger partial charge >= 0.3 is 0 Å². The van der Waals surface area contributed by atoms with E-state index in [1.165, 1.54) is 12.1 Å². The molecule has 1 aliphatic heterocycles. The Morgan fingerprint density at radius 1 is 1.15 bits per heavy atom. The van der Waals surface area contributed by atoms with E-state index in [2.05, 4.69) is 15.6 Å². The molecule has 1 aliphatic carbocycles. The summed E-state index contributed by atoms with van der Waals surface area (Å²) in [6, 6.07) is 13.6. The van der Waals surface area contributed by atoms with E-state index in [1.54, 1.807) is 23.9 Å². The molecule has 9 heteroatoms. The number of halogens is 1. The zero-order valence-electron chi connectivity index (χ0n) is 18.9. The molecule has 0 bridgehead atoms. The molecule has 1 atom stereocenters. The molecule has 34 heavy (non-hydrogen) atoms. The molecular weight excluding hydrogens is 437 g/mol. The highest BCUT2D eigenvalue weighted by Gasteiger charge is 2.35. The van der Waals surface area contributed by atoms with Crippen LogP contribution >= 0.6 is 0 Å². The minimum atomic E-state index is -0.332. The lowest BCUT2D eigenvalue weighted by atomic mass is 10.1. The van der Waals surface area contributed by atoms with Gasteiger partial charge in [0, 0.05) is 37.9 Å². The van der Waals surface area contributed by atoms with Crippen molar-refractivity contribution in [1.29, 1.82) is 0 Å². The van der Waals surface area contributed by atoms with E-state index in [9.17, 15) is 14.0 Å². The van der Waals surface area contributed by atoms with Crippen molar-refractivity contribution in [3.63, 3.8) is 0 Å². The second kappa shape index (κ2) is 9.24. The minimum Gasteiger partial charge on any atom is -0.497 e. The molecule has 1 aromatic heterocycles. The van der Waals surface area contributed by atoms with Crippen molar-refractivity contribution in [3.8, 4) is 11.4 Å². The largest absolute Gasteiger partial charge is 0.497 e. The van der Waals surface area contributed by atoms with Gasteiger partial charge < -0.3 is 15.0 Å². The van der Waals surface area contributed by atoms with Gasteiger partial charge in [-0.15, -0.1) is 5.10 Å². The second-order valence-electron chi connectivity index (χ2n) is 8.89. The van der Waals surface area contributed by atoms with E-state index in [0.717, 1.165) is 29.8 Å². The van der Waals surface area contributed by atoms with E-state index in [0.29, 0.717) is 37.4 Å². The van der Waals surface area contributed by atoms with E-state index >= 15 is 0 Å². The van der Waals surface area contributed by atoms with Crippen LogP contribution in [0, 0.1) is 11.7 Å². The van der Waals surface area contributed by atoms with Crippen LogP contribution in [0.2, 0.25) is 0 Å². The van der Waals surface area contributed by atoms with E-state index < -0.39 is 0 Å². The normalized spacial score (nSPS) is 17.8. The molecular formula is C25H26FN5O3. The summed E-state index contributed by atoms with van der Waals surface area (Å²) in [5, 5.41) is 11.3. The number of hydrogen-bond donors (Lipinski definition) is 1. The average Bonchev–Trinajstić information content (AvgIpc) is 3.50. The molecule has 1 saturated carbocycles. The van der Waals surface area contributed by atoms with Gasteiger partial charge in [-0.3, -0.25) is 9.59 Å². The summed E-state index contributed by atoms with van der Waals surface area (Å²) in [6.45, 7) is 1.51. The zero-order chi connectivity index (χ0) is 23.7. The number of benzene rings is 2. The zero-order valence-corrected chi connectivity index (χ0v) is 18.9. The van der Waals surface area contributed by atoms with Crippen molar-refractivity contribution in [1.82, 2.24) is 25.2 Å². The Kier molecular flexibility index (Phi) is 6.00. The maximum absolute atomic E-state index is 13.3. The van der Waals surface area contributed by atoms with E-state index in [1.807, 2.05) is 29.2 Å². The Labute approximate surface area is 196 Å². The lowest BCUT2D eigenvalue weighted by molar-refractivity contribution is -0.128. The number of aromatic nitrogens is 3. The molecule has 1 saturated heterocycles. The number of amides is 2. The third kappa shape index (κ3) is 4.64. The first-order valence-corrected chi connectivity index (χ1v) is 11.4. The van der Waals surface area contributed by atoms with Crippen LogP contribution < -0.4 is 10.1 Å². The highest BCUT2D eigenvalue weighted by atomic mass is 19.1. The van der Waals surface area contributed by atoms with Crippen molar-refractivity contribution in [3.05, 3.63) is 71.3 Å². The number of carbonyl (C=O) groups is 2. The predicted octanol–water partition coefficient (Wildman–Crippen LogP) is 3.07. The summed E-state index contributed by atoms with van der Waals surface area (Å²) in [6.07, 6.45) is 2.33. The van der Waals surface area contributed by atoms with Crippen LogP contribution in [0.25, 0.3) is 5.69 Å². The SMILES string of the molecule is COc1ccc(CN2CC(CNC(=O)c3nnn(-c4ccc(F)cc4)c3C3CC3)CC2=O)cc1. The van der Waals surface area contributed by atoms with Gasteiger partial charge in [0.2, 0.25) is 5.91 Å². The quantitative estimate of drug-likeness (QED) is 0.555. The van der Waals surface area contributed by atoms with Crippen LogP contribution in [-0.2, 0) is 11.3 Å². The Balaban J connectivity index is 1.21. The minimum absolute atomic E-state index is 0.0335. The molecule has 176 valence electrons. The predicted molar refractivity (Wildman–Crippen MR) is 122 cm³/mol. The average molecular weight is 464 g/mol. The maximum Gasteiger partial charge on any atom is 0.273 e. The molecule has 2 aliphatic rings. The maximum atomic E-state index is 13.3. The fourth-order valence-electron chi connectivity index (χ4n) is 4.36. The molecule has 1 unspecified atom stereocenters. The summed E-state index contributed by atoms with van der Waals surface area (Å²) >= 11 is 0. The smallest absolute Gasteiger partial charge is 0.273 e. The van der Waals surface area contributed by atoms with Crippen molar-refractivity contribution in [2.75, 3.05) is 20.2 Å². The molecule has 0 radical (unpaired) electrons. The lowest BCUT2D eigenvalue weighted by Crippen LogP contribution is -2.32. The Hall–Kier alpha value is -3.75. The topological polar surface area (TPSA) is 89.3 Å². The second-order valence-corrected chi connectivity index (χ2v) is 8.89. The van der Waals surface area contributed by atoms with Gasteiger partial charge in [0.25, 0.3) is 5.91 Å². The number of rotatable bonds is 8. The number of nitrogens with zero attached hydrogens (tertiary/aromatic N) is 4. The highest BCUT2D eigenvalue weighted by molar-refractivity contribution is 5.93. The molecule has 5 rings (SSSR count). The summed E-state index contributed by atoms with van der Waals surface area (Å²) in [7, 11) is 1.62. The highest BCUT2D eigenvalue weighted by Crippen LogP contribution is 2.42. The first-order chi connectivity index (χ1) is 16.5. The molecule has 1 N–H and O–H groups in total. The van der Waals surface area contributed by atoms with Crippen LogP contribution in [0.4, 0.5) is 4.39 Å². The number of ether oxygens (including phenoxy) is 1. The van der Waals surface area contributed by atoms with Crippen molar-refractivity contribution >= 4 is 11.8 Å². The Morgan fingerprint density at radius 3 is 2.56 bits per heavy atom.